The van der Waals surface area contributed by atoms with Crippen molar-refractivity contribution >= 4 is 29.6 Å². The first-order chi connectivity index (χ1) is 8.02. The molecule has 0 saturated carbocycles. The molecule has 0 bridgehead atoms. The fourth-order valence-electron chi connectivity index (χ4n) is 1.21. The molecule has 0 aliphatic carbocycles. The number of esters is 1. The van der Waals surface area contributed by atoms with E-state index in [0.29, 0.717) is 10.6 Å². The Balaban J connectivity index is 2.84. The van der Waals surface area contributed by atoms with E-state index in [2.05, 4.69) is 4.74 Å². The van der Waals surface area contributed by atoms with Crippen molar-refractivity contribution < 1.29 is 19.4 Å². The maximum absolute atomic E-state index is 10.9. The molecular weight excluding hydrogens is 244 g/mol. The summed E-state index contributed by atoms with van der Waals surface area (Å²) in [6.07, 6.45) is 3.34. The molecule has 90 valence electrons. The summed E-state index contributed by atoms with van der Waals surface area (Å²) in [7, 11) is 1.30. The van der Waals surface area contributed by atoms with Crippen LogP contribution in [0.2, 0.25) is 5.02 Å². The van der Waals surface area contributed by atoms with Gasteiger partial charge in [0.05, 0.1) is 19.1 Å². The fraction of sp³-hybridized carbons (Fsp3) is 0.167. The number of carboxylic acids is 1. The maximum Gasteiger partial charge on any atom is 0.335 e. The van der Waals surface area contributed by atoms with Crippen LogP contribution in [-0.4, -0.2) is 24.2 Å². The molecule has 17 heavy (non-hydrogen) atoms. The zero-order chi connectivity index (χ0) is 12.8. The number of carbonyl (C=O) groups is 2. The van der Waals surface area contributed by atoms with E-state index >= 15 is 0 Å². The molecule has 0 amide bonds. The first-order valence-electron chi connectivity index (χ1n) is 4.80. The van der Waals surface area contributed by atoms with Gasteiger partial charge in [0, 0.05) is 5.02 Å². The molecule has 0 heterocycles. The third-order valence-corrected chi connectivity index (χ3v) is 2.21. The summed E-state index contributed by atoms with van der Waals surface area (Å²) in [5, 5.41) is 9.16. The Bertz CT molecular complexity index is 466. The molecule has 0 fully saturated rings. The molecule has 1 N–H and O–H groups in total. The lowest BCUT2D eigenvalue weighted by Gasteiger charge is -1.99. The molecule has 0 aliphatic heterocycles. The minimum atomic E-state index is -1.05. The number of benzene rings is 1. The number of hydrogen-bond acceptors (Lipinski definition) is 3. The van der Waals surface area contributed by atoms with Gasteiger partial charge in [-0.25, -0.2) is 4.79 Å². The highest BCUT2D eigenvalue weighted by Gasteiger charge is 2.04. The number of ether oxygens (including phenoxy) is 1. The number of aromatic carboxylic acids is 1. The standard InChI is InChI=1S/C12H11ClO4/c1-17-11(14)4-2-3-8-5-9(12(15)16)7-10(13)6-8/h2-3,5-7H,4H2,1H3,(H,15,16). The summed E-state index contributed by atoms with van der Waals surface area (Å²) in [6.45, 7) is 0. The van der Waals surface area contributed by atoms with Crippen molar-refractivity contribution in [3.05, 3.63) is 40.4 Å². The number of halogens is 1. The summed E-state index contributed by atoms with van der Waals surface area (Å²) >= 11 is 5.77. The Morgan fingerprint density at radius 1 is 1.41 bits per heavy atom. The Morgan fingerprint density at radius 3 is 2.71 bits per heavy atom. The molecule has 1 aromatic rings. The average molecular weight is 255 g/mol. The summed E-state index contributed by atoms with van der Waals surface area (Å²) in [5.74, 6) is -1.41. The lowest BCUT2D eigenvalue weighted by atomic mass is 10.1. The van der Waals surface area contributed by atoms with E-state index in [1.807, 2.05) is 0 Å². The normalized spacial score (nSPS) is 10.5. The van der Waals surface area contributed by atoms with Crippen molar-refractivity contribution in [3.8, 4) is 0 Å². The van der Waals surface area contributed by atoms with E-state index in [4.69, 9.17) is 16.7 Å². The molecule has 0 spiro atoms. The van der Waals surface area contributed by atoms with Crippen LogP contribution in [0.25, 0.3) is 6.08 Å². The molecule has 1 rings (SSSR count). The van der Waals surface area contributed by atoms with Crippen molar-refractivity contribution in [2.75, 3.05) is 7.11 Å². The number of carboxylic acid groups (broad SMARTS) is 1. The molecule has 0 aliphatic rings. The van der Waals surface area contributed by atoms with Gasteiger partial charge in [-0.2, -0.15) is 0 Å². The van der Waals surface area contributed by atoms with Crippen LogP contribution in [0, 0.1) is 0 Å². The number of carbonyl (C=O) groups excluding carboxylic acids is 1. The SMILES string of the molecule is COC(=O)CC=Cc1cc(Cl)cc(C(=O)O)c1. The lowest BCUT2D eigenvalue weighted by Crippen LogP contribution is -1.97. The van der Waals surface area contributed by atoms with Gasteiger partial charge < -0.3 is 9.84 Å². The largest absolute Gasteiger partial charge is 0.478 e. The van der Waals surface area contributed by atoms with Gasteiger partial charge in [-0.15, -0.1) is 0 Å². The Kier molecular flexibility index (Phi) is 4.72. The lowest BCUT2D eigenvalue weighted by molar-refractivity contribution is -0.139. The Hall–Kier alpha value is -1.81. The van der Waals surface area contributed by atoms with Crippen LogP contribution in [0.3, 0.4) is 0 Å². The molecule has 0 saturated heterocycles. The summed E-state index contributed by atoms with van der Waals surface area (Å²) in [4.78, 5) is 21.6. The summed E-state index contributed by atoms with van der Waals surface area (Å²) in [6, 6.07) is 4.45. The molecule has 5 heteroatoms. The third kappa shape index (κ3) is 4.28. The monoisotopic (exact) mass is 254 g/mol. The van der Waals surface area contributed by atoms with E-state index in [0.717, 1.165) is 0 Å². The smallest absolute Gasteiger partial charge is 0.335 e. The zero-order valence-corrected chi connectivity index (χ0v) is 9.90. The summed E-state index contributed by atoms with van der Waals surface area (Å²) < 4.78 is 4.46. The van der Waals surface area contributed by atoms with Crippen LogP contribution in [0.5, 0.6) is 0 Å². The molecule has 0 radical (unpaired) electrons. The second kappa shape index (κ2) is 6.06. The van der Waals surface area contributed by atoms with Crippen LogP contribution in [-0.2, 0) is 9.53 Å². The number of hydrogen-bond donors (Lipinski definition) is 1. The quantitative estimate of drug-likeness (QED) is 0.839. The van der Waals surface area contributed by atoms with Crippen molar-refractivity contribution in [2.45, 2.75) is 6.42 Å². The van der Waals surface area contributed by atoms with Crippen LogP contribution in [0.1, 0.15) is 22.3 Å². The molecular formula is C12H11ClO4. The number of rotatable bonds is 4. The molecule has 1 aromatic carbocycles. The Morgan fingerprint density at radius 2 is 2.12 bits per heavy atom. The first kappa shape index (κ1) is 13.3. The third-order valence-electron chi connectivity index (χ3n) is 1.99. The van der Waals surface area contributed by atoms with Crippen LogP contribution >= 0.6 is 11.6 Å². The van der Waals surface area contributed by atoms with Gasteiger partial charge in [0.25, 0.3) is 0 Å². The van der Waals surface area contributed by atoms with E-state index in [-0.39, 0.29) is 18.0 Å². The molecule has 0 aromatic heterocycles. The van der Waals surface area contributed by atoms with Crippen LogP contribution in [0.4, 0.5) is 0 Å². The minimum absolute atomic E-state index is 0.107. The molecule has 0 atom stereocenters. The highest BCUT2D eigenvalue weighted by molar-refractivity contribution is 6.31. The van der Waals surface area contributed by atoms with Crippen LogP contribution < -0.4 is 0 Å². The van der Waals surface area contributed by atoms with Gasteiger partial charge >= 0.3 is 11.9 Å². The minimum Gasteiger partial charge on any atom is -0.478 e. The zero-order valence-electron chi connectivity index (χ0n) is 9.14. The highest BCUT2D eigenvalue weighted by atomic mass is 35.5. The molecule has 4 nitrogen and oxygen atoms in total. The predicted octanol–water partition coefficient (Wildman–Crippen LogP) is 2.61. The second-order valence-electron chi connectivity index (χ2n) is 3.26. The van der Waals surface area contributed by atoms with Crippen molar-refractivity contribution in [3.63, 3.8) is 0 Å². The molecule has 0 unspecified atom stereocenters. The fourth-order valence-corrected chi connectivity index (χ4v) is 1.45. The van der Waals surface area contributed by atoms with Crippen LogP contribution in [0.15, 0.2) is 24.3 Å². The first-order valence-corrected chi connectivity index (χ1v) is 5.18. The van der Waals surface area contributed by atoms with E-state index < -0.39 is 5.97 Å². The van der Waals surface area contributed by atoms with E-state index in [1.54, 1.807) is 18.2 Å². The van der Waals surface area contributed by atoms with E-state index in [9.17, 15) is 9.59 Å². The van der Waals surface area contributed by atoms with Gasteiger partial charge in [-0.3, -0.25) is 4.79 Å². The highest BCUT2D eigenvalue weighted by Crippen LogP contribution is 2.16. The van der Waals surface area contributed by atoms with Crippen molar-refractivity contribution in [1.29, 1.82) is 0 Å². The van der Waals surface area contributed by atoms with Crippen molar-refractivity contribution in [2.24, 2.45) is 0 Å². The van der Waals surface area contributed by atoms with Gasteiger partial charge in [-0.1, -0.05) is 23.8 Å². The second-order valence-corrected chi connectivity index (χ2v) is 3.70. The van der Waals surface area contributed by atoms with Gasteiger partial charge in [-0.05, 0) is 23.8 Å². The Labute approximate surface area is 103 Å². The maximum atomic E-state index is 10.9. The van der Waals surface area contributed by atoms with Gasteiger partial charge in [0.15, 0.2) is 0 Å². The topological polar surface area (TPSA) is 63.6 Å². The van der Waals surface area contributed by atoms with Gasteiger partial charge in [0.1, 0.15) is 0 Å². The predicted molar refractivity (Wildman–Crippen MR) is 64.1 cm³/mol. The van der Waals surface area contributed by atoms with E-state index in [1.165, 1.54) is 19.2 Å². The summed E-state index contributed by atoms with van der Waals surface area (Å²) in [5.41, 5.74) is 0.731. The average Bonchev–Trinajstić information content (AvgIpc) is 2.28. The number of methoxy groups -OCH3 is 1. The van der Waals surface area contributed by atoms with Gasteiger partial charge in [0.2, 0.25) is 0 Å². The van der Waals surface area contributed by atoms with Crippen molar-refractivity contribution in [1.82, 2.24) is 0 Å².